The normalized spacial score (nSPS) is 10.4. The second-order valence-corrected chi connectivity index (χ2v) is 4.77. The van der Waals surface area contributed by atoms with Gasteiger partial charge in [-0.3, -0.25) is 4.79 Å². The summed E-state index contributed by atoms with van der Waals surface area (Å²) in [4.78, 5) is 13.9. The van der Waals surface area contributed by atoms with E-state index in [2.05, 4.69) is 0 Å². The van der Waals surface area contributed by atoms with Crippen molar-refractivity contribution in [2.75, 3.05) is 19.0 Å². The maximum absolute atomic E-state index is 12.2. The first-order valence-electron chi connectivity index (χ1n) is 5.40. The molecule has 0 atom stereocenters. The minimum absolute atomic E-state index is 0.0840. The predicted molar refractivity (Wildman–Crippen MR) is 73.4 cm³/mol. The van der Waals surface area contributed by atoms with Gasteiger partial charge in [-0.25, -0.2) is 0 Å². The highest BCUT2D eigenvalue weighted by molar-refractivity contribution is 6.36. The van der Waals surface area contributed by atoms with Gasteiger partial charge in [0.2, 0.25) is 0 Å². The first-order valence-corrected chi connectivity index (χ1v) is 6.69. The minimum Gasteiger partial charge on any atom is -0.339 e. The molecular formula is C12H14Cl3NO. The van der Waals surface area contributed by atoms with Crippen LogP contribution in [0.1, 0.15) is 23.7 Å². The molecule has 1 amide bonds. The number of hydrogen-bond donors (Lipinski definition) is 0. The molecule has 0 fully saturated rings. The number of carbonyl (C=O) groups excluding carboxylic acids is 1. The predicted octanol–water partition coefficient (Wildman–Crippen LogP) is 4.08. The summed E-state index contributed by atoms with van der Waals surface area (Å²) in [6.45, 7) is 3.20. The molecule has 5 heteroatoms. The van der Waals surface area contributed by atoms with Crippen molar-refractivity contribution in [3.05, 3.63) is 33.8 Å². The molecule has 0 radical (unpaired) electrons. The highest BCUT2D eigenvalue weighted by Gasteiger charge is 2.16. The molecule has 17 heavy (non-hydrogen) atoms. The molecule has 0 saturated heterocycles. The second-order valence-electron chi connectivity index (χ2n) is 3.55. The van der Waals surface area contributed by atoms with Crippen LogP contribution in [0.5, 0.6) is 0 Å². The van der Waals surface area contributed by atoms with E-state index in [1.807, 2.05) is 6.92 Å². The number of nitrogens with zero attached hydrogens (tertiary/aromatic N) is 1. The SMILES string of the molecule is CCN(CCCCl)C(=O)c1ccc(Cl)cc1Cl. The molecule has 1 aromatic rings. The van der Waals surface area contributed by atoms with Gasteiger partial charge in [0, 0.05) is 24.0 Å². The van der Waals surface area contributed by atoms with Crippen molar-refractivity contribution in [2.24, 2.45) is 0 Å². The van der Waals surface area contributed by atoms with Crippen molar-refractivity contribution in [2.45, 2.75) is 13.3 Å². The largest absolute Gasteiger partial charge is 0.339 e. The average molecular weight is 295 g/mol. The van der Waals surface area contributed by atoms with Crippen molar-refractivity contribution in [3.8, 4) is 0 Å². The maximum Gasteiger partial charge on any atom is 0.255 e. The van der Waals surface area contributed by atoms with Crippen LogP contribution in [0, 0.1) is 0 Å². The van der Waals surface area contributed by atoms with Crippen LogP contribution in [0.25, 0.3) is 0 Å². The lowest BCUT2D eigenvalue weighted by Gasteiger charge is -2.21. The molecule has 0 aromatic heterocycles. The van der Waals surface area contributed by atoms with E-state index in [1.165, 1.54) is 0 Å². The van der Waals surface area contributed by atoms with E-state index in [4.69, 9.17) is 34.8 Å². The molecule has 0 saturated carbocycles. The van der Waals surface area contributed by atoms with Crippen LogP contribution in [0.4, 0.5) is 0 Å². The van der Waals surface area contributed by atoms with Gasteiger partial charge < -0.3 is 4.90 Å². The van der Waals surface area contributed by atoms with Gasteiger partial charge in [0.25, 0.3) is 5.91 Å². The van der Waals surface area contributed by atoms with Crippen LogP contribution in [-0.4, -0.2) is 29.8 Å². The lowest BCUT2D eigenvalue weighted by molar-refractivity contribution is 0.0765. The van der Waals surface area contributed by atoms with Gasteiger partial charge in [0.1, 0.15) is 0 Å². The van der Waals surface area contributed by atoms with Crippen LogP contribution in [0.15, 0.2) is 18.2 Å². The summed E-state index contributed by atoms with van der Waals surface area (Å²) in [5.74, 6) is 0.456. The van der Waals surface area contributed by atoms with Gasteiger partial charge in [0.05, 0.1) is 10.6 Å². The molecule has 0 N–H and O–H groups in total. The standard InChI is InChI=1S/C12H14Cl3NO/c1-2-16(7-3-6-13)12(17)10-5-4-9(14)8-11(10)15/h4-5,8H,2-3,6-7H2,1H3. The monoisotopic (exact) mass is 293 g/mol. The van der Waals surface area contributed by atoms with E-state index in [0.29, 0.717) is 34.6 Å². The molecule has 0 aliphatic carbocycles. The third-order valence-electron chi connectivity index (χ3n) is 2.39. The second kappa shape index (κ2) is 7.10. The van der Waals surface area contributed by atoms with E-state index in [9.17, 15) is 4.79 Å². The zero-order valence-corrected chi connectivity index (χ0v) is 11.8. The summed E-state index contributed by atoms with van der Waals surface area (Å²) < 4.78 is 0. The third kappa shape index (κ3) is 4.06. The van der Waals surface area contributed by atoms with Gasteiger partial charge in [-0.2, -0.15) is 0 Å². The number of rotatable bonds is 5. The van der Waals surface area contributed by atoms with Gasteiger partial charge in [-0.05, 0) is 31.5 Å². The Bertz CT molecular complexity index is 395. The number of halogens is 3. The van der Waals surface area contributed by atoms with Crippen molar-refractivity contribution < 1.29 is 4.79 Å². The van der Waals surface area contributed by atoms with E-state index < -0.39 is 0 Å². The minimum atomic E-state index is -0.0840. The summed E-state index contributed by atoms with van der Waals surface area (Å²) in [5, 5.41) is 0.905. The van der Waals surface area contributed by atoms with E-state index in [0.717, 1.165) is 6.42 Å². The Labute approximate surface area is 116 Å². The lowest BCUT2D eigenvalue weighted by Crippen LogP contribution is -2.32. The van der Waals surface area contributed by atoms with Crippen LogP contribution >= 0.6 is 34.8 Å². The number of benzene rings is 1. The fourth-order valence-corrected chi connectivity index (χ4v) is 2.10. The van der Waals surface area contributed by atoms with Crippen molar-refractivity contribution in [3.63, 3.8) is 0 Å². The highest BCUT2D eigenvalue weighted by atomic mass is 35.5. The average Bonchev–Trinajstić information content (AvgIpc) is 2.29. The molecule has 0 spiro atoms. The smallest absolute Gasteiger partial charge is 0.255 e. The number of hydrogen-bond acceptors (Lipinski definition) is 1. The fraction of sp³-hybridized carbons (Fsp3) is 0.417. The molecule has 0 heterocycles. The van der Waals surface area contributed by atoms with Crippen molar-refractivity contribution in [1.29, 1.82) is 0 Å². The van der Waals surface area contributed by atoms with E-state index >= 15 is 0 Å². The Balaban J connectivity index is 2.86. The molecule has 94 valence electrons. The van der Waals surface area contributed by atoms with Gasteiger partial charge >= 0.3 is 0 Å². The summed E-state index contributed by atoms with van der Waals surface area (Å²) in [7, 11) is 0. The number of alkyl halides is 1. The van der Waals surface area contributed by atoms with Crippen molar-refractivity contribution in [1.82, 2.24) is 4.90 Å². The molecule has 2 nitrogen and oxygen atoms in total. The Morgan fingerprint density at radius 1 is 1.35 bits per heavy atom. The highest BCUT2D eigenvalue weighted by Crippen LogP contribution is 2.22. The van der Waals surface area contributed by atoms with Crippen LogP contribution in [0.3, 0.4) is 0 Å². The van der Waals surface area contributed by atoms with E-state index in [-0.39, 0.29) is 5.91 Å². The van der Waals surface area contributed by atoms with Gasteiger partial charge in [0.15, 0.2) is 0 Å². The fourth-order valence-electron chi connectivity index (χ4n) is 1.49. The van der Waals surface area contributed by atoms with Gasteiger partial charge in [-0.1, -0.05) is 23.2 Å². The lowest BCUT2D eigenvalue weighted by atomic mass is 10.2. The zero-order valence-electron chi connectivity index (χ0n) is 9.55. The number of carbonyl (C=O) groups is 1. The first kappa shape index (κ1) is 14.6. The van der Waals surface area contributed by atoms with Crippen LogP contribution in [0.2, 0.25) is 10.0 Å². The molecule has 0 aliphatic rings. The zero-order chi connectivity index (χ0) is 12.8. The quantitative estimate of drug-likeness (QED) is 0.749. The van der Waals surface area contributed by atoms with Gasteiger partial charge in [-0.15, -0.1) is 11.6 Å². The molecule has 1 rings (SSSR count). The number of amides is 1. The summed E-state index contributed by atoms with van der Waals surface area (Å²) in [5.41, 5.74) is 0.479. The summed E-state index contributed by atoms with van der Waals surface area (Å²) >= 11 is 17.4. The Morgan fingerprint density at radius 3 is 2.59 bits per heavy atom. The van der Waals surface area contributed by atoms with Crippen molar-refractivity contribution >= 4 is 40.7 Å². The Kier molecular flexibility index (Phi) is 6.10. The Morgan fingerprint density at radius 2 is 2.06 bits per heavy atom. The molecule has 0 unspecified atom stereocenters. The van der Waals surface area contributed by atoms with Crippen LogP contribution in [-0.2, 0) is 0 Å². The summed E-state index contributed by atoms with van der Waals surface area (Å²) in [6, 6.07) is 4.89. The topological polar surface area (TPSA) is 20.3 Å². The molecule has 1 aromatic carbocycles. The molecule has 0 bridgehead atoms. The molecule has 0 aliphatic heterocycles. The molecular weight excluding hydrogens is 280 g/mol. The first-order chi connectivity index (χ1) is 8.10. The third-order valence-corrected chi connectivity index (χ3v) is 3.21. The maximum atomic E-state index is 12.2. The van der Waals surface area contributed by atoms with Crippen LogP contribution < -0.4 is 0 Å². The van der Waals surface area contributed by atoms with E-state index in [1.54, 1.807) is 23.1 Å². The Hall–Kier alpha value is -0.440. The summed E-state index contributed by atoms with van der Waals surface area (Å²) in [6.07, 6.45) is 0.770.